The van der Waals surface area contributed by atoms with Gasteiger partial charge in [-0.25, -0.2) is 14.4 Å². The first-order valence-corrected chi connectivity index (χ1v) is 10.2. The number of anilines is 1. The van der Waals surface area contributed by atoms with Gasteiger partial charge in [0.25, 0.3) is 0 Å². The molecular formula is C24H21FN6O. The molecule has 2 N–H and O–H groups in total. The molecule has 3 heterocycles. The average Bonchev–Trinajstić information content (AvgIpc) is 3.20. The Balaban J connectivity index is 1.55. The number of halogens is 1. The maximum absolute atomic E-state index is 13.3. The van der Waals surface area contributed by atoms with Gasteiger partial charge in [-0.1, -0.05) is 30.3 Å². The summed E-state index contributed by atoms with van der Waals surface area (Å²) in [5, 5.41) is 12.2. The number of methoxy groups -OCH3 is 1. The van der Waals surface area contributed by atoms with Crippen molar-refractivity contribution in [2.24, 2.45) is 0 Å². The second-order valence-electron chi connectivity index (χ2n) is 7.29. The van der Waals surface area contributed by atoms with Gasteiger partial charge in [0.2, 0.25) is 0 Å². The highest BCUT2D eigenvalue weighted by atomic mass is 19.1. The number of dihydropyridines is 1. The highest BCUT2D eigenvalue weighted by Gasteiger charge is 2.17. The van der Waals surface area contributed by atoms with Crippen LogP contribution in [0.2, 0.25) is 0 Å². The molecule has 0 bridgehead atoms. The lowest BCUT2D eigenvalue weighted by Gasteiger charge is -2.13. The lowest BCUT2D eigenvalue weighted by atomic mass is 10.2. The van der Waals surface area contributed by atoms with E-state index in [0.717, 1.165) is 28.7 Å². The van der Waals surface area contributed by atoms with Crippen LogP contribution in [0.15, 0.2) is 78.8 Å². The van der Waals surface area contributed by atoms with Gasteiger partial charge >= 0.3 is 0 Å². The first-order valence-electron chi connectivity index (χ1n) is 10.2. The largest absolute Gasteiger partial charge is 0.491 e. The summed E-state index contributed by atoms with van der Waals surface area (Å²) in [6.07, 6.45) is 7.47. The smallest absolute Gasteiger partial charge is 0.183 e. The van der Waals surface area contributed by atoms with Crippen molar-refractivity contribution in [1.82, 2.24) is 25.1 Å². The maximum atomic E-state index is 13.3. The summed E-state index contributed by atoms with van der Waals surface area (Å²) in [6, 6.07) is 14.4. The van der Waals surface area contributed by atoms with Gasteiger partial charge in [-0.15, -0.1) is 0 Å². The van der Waals surface area contributed by atoms with Crippen LogP contribution in [0.5, 0.6) is 5.75 Å². The van der Waals surface area contributed by atoms with E-state index in [4.69, 9.17) is 14.8 Å². The summed E-state index contributed by atoms with van der Waals surface area (Å²) in [5.74, 6) is 1.33. The molecule has 1 aliphatic heterocycles. The molecule has 1 aliphatic rings. The molecule has 0 saturated heterocycles. The van der Waals surface area contributed by atoms with E-state index in [1.54, 1.807) is 25.4 Å². The second kappa shape index (κ2) is 8.50. The van der Waals surface area contributed by atoms with Gasteiger partial charge in [0, 0.05) is 17.6 Å². The number of hydrogen-bond acceptors (Lipinski definition) is 6. The number of allylic oxidation sites excluding steroid dienone is 1. The van der Waals surface area contributed by atoms with E-state index in [1.165, 1.54) is 12.1 Å². The van der Waals surface area contributed by atoms with Gasteiger partial charge in [-0.3, -0.25) is 4.68 Å². The lowest BCUT2D eigenvalue weighted by molar-refractivity contribution is 0.413. The predicted octanol–water partition coefficient (Wildman–Crippen LogP) is 4.10. The first kappa shape index (κ1) is 19.7. The van der Waals surface area contributed by atoms with Gasteiger partial charge in [0.1, 0.15) is 11.5 Å². The van der Waals surface area contributed by atoms with E-state index in [0.29, 0.717) is 29.6 Å². The normalized spacial score (nSPS) is 13.0. The Labute approximate surface area is 184 Å². The first-order chi connectivity index (χ1) is 15.7. The summed E-state index contributed by atoms with van der Waals surface area (Å²) in [5.41, 5.74) is 3.49. The summed E-state index contributed by atoms with van der Waals surface area (Å²) < 4.78 is 20.6. The number of fused-ring (bicyclic) bond motifs is 1. The van der Waals surface area contributed by atoms with E-state index < -0.39 is 0 Å². The number of nitrogens with one attached hydrogen (secondary N) is 2. The lowest BCUT2D eigenvalue weighted by Crippen LogP contribution is -2.13. The fraction of sp³-hybridized carbons (Fsp3) is 0.125. The number of ether oxygens (including phenoxy) is 1. The highest BCUT2D eigenvalue weighted by Crippen LogP contribution is 2.30. The molecule has 0 radical (unpaired) electrons. The van der Waals surface area contributed by atoms with Crippen LogP contribution in [0.3, 0.4) is 0 Å². The zero-order valence-electron chi connectivity index (χ0n) is 17.4. The van der Waals surface area contributed by atoms with Crippen molar-refractivity contribution >= 4 is 16.7 Å². The fourth-order valence-electron chi connectivity index (χ4n) is 3.58. The standard InChI is InChI=1S/C24H21FN6O/c1-32-21-14-27-24(29-23(21)28-18-10-12-26-13-11-18)22-19-4-2-3-5-20(19)31(30-22)15-16-6-8-17(25)9-7-16/h2-12,14,26H,13,15H2,1H3,(H,27,28,29). The molecule has 8 heteroatoms. The minimum absolute atomic E-state index is 0.259. The number of benzene rings is 2. The number of hydrogen-bond donors (Lipinski definition) is 2. The number of nitrogens with zero attached hydrogens (tertiary/aromatic N) is 4. The van der Waals surface area contributed by atoms with Crippen LogP contribution in [0, 0.1) is 5.82 Å². The molecule has 0 atom stereocenters. The Morgan fingerprint density at radius 2 is 2.00 bits per heavy atom. The van der Waals surface area contributed by atoms with Crippen LogP contribution >= 0.6 is 0 Å². The molecule has 0 unspecified atom stereocenters. The summed E-state index contributed by atoms with van der Waals surface area (Å²) in [6.45, 7) is 1.24. The van der Waals surface area contributed by atoms with Crippen LogP contribution in [0.25, 0.3) is 22.4 Å². The maximum Gasteiger partial charge on any atom is 0.183 e. The Morgan fingerprint density at radius 1 is 1.16 bits per heavy atom. The van der Waals surface area contributed by atoms with Crippen molar-refractivity contribution in [3.63, 3.8) is 0 Å². The van der Waals surface area contributed by atoms with Crippen LogP contribution in [-0.2, 0) is 6.54 Å². The fourth-order valence-corrected chi connectivity index (χ4v) is 3.58. The van der Waals surface area contributed by atoms with Crippen LogP contribution < -0.4 is 15.4 Å². The summed E-state index contributed by atoms with van der Waals surface area (Å²) >= 11 is 0. The minimum atomic E-state index is -0.259. The van der Waals surface area contributed by atoms with Crippen molar-refractivity contribution in [2.75, 3.05) is 19.0 Å². The topological polar surface area (TPSA) is 76.9 Å². The van der Waals surface area contributed by atoms with E-state index in [2.05, 4.69) is 15.6 Å². The van der Waals surface area contributed by atoms with Gasteiger partial charge < -0.3 is 15.4 Å². The van der Waals surface area contributed by atoms with E-state index in [1.807, 2.05) is 47.3 Å². The average molecular weight is 428 g/mol. The molecule has 0 amide bonds. The Bertz CT molecular complexity index is 1330. The zero-order valence-corrected chi connectivity index (χ0v) is 17.4. The molecule has 32 heavy (non-hydrogen) atoms. The number of aromatic nitrogens is 4. The Kier molecular flexibility index (Phi) is 5.25. The minimum Gasteiger partial charge on any atom is -0.491 e. The number of para-hydroxylation sites is 1. The third kappa shape index (κ3) is 3.90. The zero-order chi connectivity index (χ0) is 21.9. The molecule has 4 aromatic rings. The molecule has 7 nitrogen and oxygen atoms in total. The van der Waals surface area contributed by atoms with Crippen molar-refractivity contribution < 1.29 is 9.13 Å². The van der Waals surface area contributed by atoms with Crippen LogP contribution in [-0.4, -0.2) is 33.4 Å². The Morgan fingerprint density at radius 3 is 2.78 bits per heavy atom. The molecule has 0 saturated carbocycles. The molecule has 5 rings (SSSR count). The quantitative estimate of drug-likeness (QED) is 0.482. The molecular weight excluding hydrogens is 407 g/mol. The third-order valence-electron chi connectivity index (χ3n) is 5.17. The van der Waals surface area contributed by atoms with Crippen molar-refractivity contribution in [3.8, 4) is 17.3 Å². The summed E-state index contributed by atoms with van der Waals surface area (Å²) in [7, 11) is 1.59. The van der Waals surface area contributed by atoms with Crippen LogP contribution in [0.1, 0.15) is 5.56 Å². The SMILES string of the molecule is COc1cnc(-c2nn(Cc3ccc(F)cc3)c3ccccc23)nc1NC1=CCNC=C1. The van der Waals surface area contributed by atoms with E-state index in [-0.39, 0.29) is 5.82 Å². The molecule has 2 aromatic carbocycles. The van der Waals surface area contributed by atoms with E-state index in [9.17, 15) is 4.39 Å². The van der Waals surface area contributed by atoms with Gasteiger partial charge in [-0.05, 0) is 42.1 Å². The monoisotopic (exact) mass is 428 g/mol. The predicted molar refractivity (Wildman–Crippen MR) is 122 cm³/mol. The molecule has 160 valence electrons. The molecule has 0 spiro atoms. The summed E-state index contributed by atoms with van der Waals surface area (Å²) in [4.78, 5) is 9.23. The van der Waals surface area contributed by atoms with Gasteiger partial charge in [0.15, 0.2) is 17.4 Å². The molecule has 0 fully saturated rings. The Hall–Kier alpha value is -4.20. The van der Waals surface area contributed by atoms with Gasteiger partial charge in [0.05, 0.1) is 25.4 Å². The molecule has 0 aliphatic carbocycles. The molecule has 2 aromatic heterocycles. The third-order valence-corrected chi connectivity index (χ3v) is 5.17. The van der Waals surface area contributed by atoms with Gasteiger partial charge in [-0.2, -0.15) is 5.10 Å². The van der Waals surface area contributed by atoms with Crippen LogP contribution in [0.4, 0.5) is 10.2 Å². The van der Waals surface area contributed by atoms with E-state index >= 15 is 0 Å². The van der Waals surface area contributed by atoms with Crippen molar-refractivity contribution in [1.29, 1.82) is 0 Å². The highest BCUT2D eigenvalue weighted by molar-refractivity contribution is 5.91. The van der Waals surface area contributed by atoms with Crippen molar-refractivity contribution in [2.45, 2.75) is 6.54 Å². The number of rotatable bonds is 6. The van der Waals surface area contributed by atoms with Crippen molar-refractivity contribution in [3.05, 3.63) is 90.2 Å². The second-order valence-corrected chi connectivity index (χ2v) is 7.29.